The topological polar surface area (TPSA) is 52.0 Å². The number of hydrogen-bond donors (Lipinski definition) is 1. The van der Waals surface area contributed by atoms with Crippen LogP contribution in [-0.2, 0) is 11.3 Å². The van der Waals surface area contributed by atoms with Crippen molar-refractivity contribution in [3.8, 4) is 0 Å². The number of methoxy groups -OCH3 is 1. The van der Waals surface area contributed by atoms with E-state index in [-0.39, 0.29) is 0 Å². The Morgan fingerprint density at radius 2 is 2.33 bits per heavy atom. The molecule has 1 N–H and O–H groups in total. The van der Waals surface area contributed by atoms with Crippen LogP contribution >= 0.6 is 0 Å². The van der Waals surface area contributed by atoms with Gasteiger partial charge >= 0.3 is 0 Å². The van der Waals surface area contributed by atoms with Crippen molar-refractivity contribution in [3.05, 3.63) is 42.0 Å². The minimum Gasteiger partial charge on any atom is -0.383 e. The third-order valence-electron chi connectivity index (χ3n) is 2.56. The smallest absolute Gasteiger partial charge is 0.203 e. The zero-order valence-electron chi connectivity index (χ0n) is 10.8. The molecule has 2 aromatic heterocycles. The minimum absolute atomic E-state index is 0.665. The number of aromatic nitrogens is 3. The summed E-state index contributed by atoms with van der Waals surface area (Å²) in [6.45, 7) is 4.17. The SMILES string of the molecule is COCCNc1nc(C)cn1Cc1cccnc1. The molecule has 0 spiro atoms. The van der Waals surface area contributed by atoms with Crippen LogP contribution in [0.15, 0.2) is 30.7 Å². The van der Waals surface area contributed by atoms with E-state index in [0.29, 0.717) is 6.61 Å². The first-order valence-electron chi connectivity index (χ1n) is 5.95. The molecule has 96 valence electrons. The first-order valence-corrected chi connectivity index (χ1v) is 5.95. The normalized spacial score (nSPS) is 10.6. The summed E-state index contributed by atoms with van der Waals surface area (Å²) in [6, 6.07) is 4.00. The Bertz CT molecular complexity index is 481. The van der Waals surface area contributed by atoms with Gasteiger partial charge in [-0.05, 0) is 18.6 Å². The minimum atomic E-state index is 0.665. The van der Waals surface area contributed by atoms with Crippen LogP contribution in [-0.4, -0.2) is 34.8 Å². The van der Waals surface area contributed by atoms with Gasteiger partial charge in [-0.3, -0.25) is 4.98 Å². The van der Waals surface area contributed by atoms with Crippen molar-refractivity contribution < 1.29 is 4.74 Å². The van der Waals surface area contributed by atoms with Gasteiger partial charge in [-0.25, -0.2) is 4.98 Å². The summed E-state index contributed by atoms with van der Waals surface area (Å²) in [5.74, 6) is 0.869. The van der Waals surface area contributed by atoms with E-state index in [9.17, 15) is 0 Å². The van der Waals surface area contributed by atoms with Gasteiger partial charge < -0.3 is 14.6 Å². The lowest BCUT2D eigenvalue weighted by Crippen LogP contribution is -2.12. The van der Waals surface area contributed by atoms with E-state index in [0.717, 1.165) is 30.3 Å². The Morgan fingerprint density at radius 3 is 3.06 bits per heavy atom. The molecular formula is C13H18N4O. The van der Waals surface area contributed by atoms with Gasteiger partial charge in [-0.15, -0.1) is 0 Å². The molecule has 0 atom stereocenters. The summed E-state index contributed by atoms with van der Waals surface area (Å²) in [4.78, 5) is 8.57. The van der Waals surface area contributed by atoms with Gasteiger partial charge in [0.2, 0.25) is 5.95 Å². The molecule has 5 nitrogen and oxygen atoms in total. The number of rotatable bonds is 6. The highest BCUT2D eigenvalue weighted by molar-refractivity contribution is 5.30. The lowest BCUT2D eigenvalue weighted by atomic mass is 10.3. The fraction of sp³-hybridized carbons (Fsp3) is 0.385. The maximum atomic E-state index is 5.02. The first-order chi connectivity index (χ1) is 8.79. The van der Waals surface area contributed by atoms with Gasteiger partial charge in [0.05, 0.1) is 18.8 Å². The Labute approximate surface area is 107 Å². The van der Waals surface area contributed by atoms with Gasteiger partial charge in [0.1, 0.15) is 0 Å². The van der Waals surface area contributed by atoms with E-state index in [4.69, 9.17) is 4.74 Å². The lowest BCUT2D eigenvalue weighted by Gasteiger charge is -2.09. The molecule has 2 heterocycles. The Balaban J connectivity index is 2.07. The van der Waals surface area contributed by atoms with E-state index in [2.05, 4.69) is 25.9 Å². The molecule has 0 fully saturated rings. The molecule has 0 radical (unpaired) electrons. The first kappa shape index (κ1) is 12.6. The molecule has 0 amide bonds. The molecular weight excluding hydrogens is 228 g/mol. The number of aryl methyl sites for hydroxylation is 1. The third-order valence-corrected chi connectivity index (χ3v) is 2.56. The number of nitrogens with zero attached hydrogens (tertiary/aromatic N) is 3. The van der Waals surface area contributed by atoms with Crippen molar-refractivity contribution in [2.45, 2.75) is 13.5 Å². The maximum Gasteiger partial charge on any atom is 0.203 e. The van der Waals surface area contributed by atoms with Crippen LogP contribution in [0.2, 0.25) is 0 Å². The number of imidazole rings is 1. The van der Waals surface area contributed by atoms with Crippen LogP contribution in [0.3, 0.4) is 0 Å². The molecule has 0 saturated carbocycles. The van der Waals surface area contributed by atoms with Crippen molar-refractivity contribution in [1.82, 2.24) is 14.5 Å². The summed E-state index contributed by atoms with van der Waals surface area (Å²) in [7, 11) is 1.69. The van der Waals surface area contributed by atoms with Gasteiger partial charge in [0.15, 0.2) is 0 Å². The van der Waals surface area contributed by atoms with Gasteiger partial charge in [-0.2, -0.15) is 0 Å². The maximum absolute atomic E-state index is 5.02. The second kappa shape index (κ2) is 6.16. The Kier molecular flexibility index (Phi) is 4.30. The van der Waals surface area contributed by atoms with E-state index in [1.165, 1.54) is 0 Å². The largest absolute Gasteiger partial charge is 0.383 e. The van der Waals surface area contributed by atoms with E-state index < -0.39 is 0 Å². The zero-order valence-corrected chi connectivity index (χ0v) is 10.8. The van der Waals surface area contributed by atoms with Crippen molar-refractivity contribution in [1.29, 1.82) is 0 Å². The van der Waals surface area contributed by atoms with Crippen LogP contribution < -0.4 is 5.32 Å². The number of hydrogen-bond acceptors (Lipinski definition) is 4. The van der Waals surface area contributed by atoms with Crippen LogP contribution in [0.4, 0.5) is 5.95 Å². The predicted octanol–water partition coefficient (Wildman–Crippen LogP) is 1.69. The molecule has 2 aromatic rings. The van der Waals surface area contributed by atoms with Crippen molar-refractivity contribution in [2.75, 3.05) is 25.6 Å². The quantitative estimate of drug-likeness (QED) is 0.788. The molecule has 0 aliphatic heterocycles. The van der Waals surface area contributed by atoms with Gasteiger partial charge in [0.25, 0.3) is 0 Å². The molecule has 0 aliphatic rings. The molecule has 5 heteroatoms. The van der Waals surface area contributed by atoms with Crippen molar-refractivity contribution in [3.63, 3.8) is 0 Å². The average Bonchev–Trinajstić information content (AvgIpc) is 2.71. The van der Waals surface area contributed by atoms with Gasteiger partial charge in [-0.1, -0.05) is 6.07 Å². The van der Waals surface area contributed by atoms with E-state index >= 15 is 0 Å². The molecule has 0 saturated heterocycles. The van der Waals surface area contributed by atoms with Gasteiger partial charge in [0, 0.05) is 32.2 Å². The van der Waals surface area contributed by atoms with Crippen LogP contribution in [0.1, 0.15) is 11.3 Å². The molecule has 2 rings (SSSR count). The highest BCUT2D eigenvalue weighted by Gasteiger charge is 2.05. The van der Waals surface area contributed by atoms with Crippen molar-refractivity contribution >= 4 is 5.95 Å². The summed E-state index contributed by atoms with van der Waals surface area (Å²) in [5.41, 5.74) is 2.16. The molecule has 0 bridgehead atoms. The second-order valence-corrected chi connectivity index (χ2v) is 4.11. The summed E-state index contributed by atoms with van der Waals surface area (Å²) >= 11 is 0. The second-order valence-electron chi connectivity index (χ2n) is 4.11. The van der Waals surface area contributed by atoms with Crippen molar-refractivity contribution in [2.24, 2.45) is 0 Å². The highest BCUT2D eigenvalue weighted by Crippen LogP contribution is 2.11. The standard InChI is InChI=1S/C13H18N4O/c1-11-9-17(10-12-4-3-5-14-8-12)13(16-11)15-6-7-18-2/h3-5,8-9H,6-7,10H2,1-2H3,(H,15,16). The summed E-state index contributed by atoms with van der Waals surface area (Å²) in [5, 5.41) is 3.26. The third kappa shape index (κ3) is 3.30. The number of ether oxygens (including phenoxy) is 1. The Hall–Kier alpha value is -1.88. The summed E-state index contributed by atoms with van der Waals surface area (Å²) < 4.78 is 7.10. The number of pyridine rings is 1. The van der Waals surface area contributed by atoms with Crippen LogP contribution in [0, 0.1) is 6.92 Å². The van der Waals surface area contributed by atoms with Crippen LogP contribution in [0.25, 0.3) is 0 Å². The van der Waals surface area contributed by atoms with E-state index in [1.807, 2.05) is 25.4 Å². The molecule has 18 heavy (non-hydrogen) atoms. The predicted molar refractivity (Wildman–Crippen MR) is 70.7 cm³/mol. The fourth-order valence-electron chi connectivity index (χ4n) is 1.76. The molecule has 0 aliphatic carbocycles. The monoisotopic (exact) mass is 246 g/mol. The number of nitrogens with one attached hydrogen (secondary N) is 1. The average molecular weight is 246 g/mol. The molecule has 0 aromatic carbocycles. The lowest BCUT2D eigenvalue weighted by molar-refractivity contribution is 0.210. The zero-order chi connectivity index (χ0) is 12.8. The Morgan fingerprint density at radius 1 is 1.44 bits per heavy atom. The number of anilines is 1. The van der Waals surface area contributed by atoms with E-state index in [1.54, 1.807) is 13.3 Å². The highest BCUT2D eigenvalue weighted by atomic mass is 16.5. The van der Waals surface area contributed by atoms with Crippen LogP contribution in [0.5, 0.6) is 0 Å². The molecule has 0 unspecified atom stereocenters. The fourth-order valence-corrected chi connectivity index (χ4v) is 1.76. The summed E-state index contributed by atoms with van der Waals surface area (Å²) in [6.07, 6.45) is 5.68.